The second-order valence-corrected chi connectivity index (χ2v) is 8.35. The molecule has 1 heterocycles. The Morgan fingerprint density at radius 3 is 2.20 bits per heavy atom. The van der Waals surface area contributed by atoms with Crippen LogP contribution in [0.3, 0.4) is 0 Å². The minimum Gasteiger partial charge on any atom is -0.165 e. The fourth-order valence-electron chi connectivity index (χ4n) is 0.683. The molecule has 0 aromatic rings. The molecule has 1 aliphatic rings. The molecule has 2 unspecified atom stereocenters. The summed E-state index contributed by atoms with van der Waals surface area (Å²) >= 11 is 14.6. The molecule has 0 aromatic carbocycles. The third-order valence-corrected chi connectivity index (χ3v) is 6.61. The van der Waals surface area contributed by atoms with E-state index in [2.05, 4.69) is 31.5 Å². The molecule has 60 valence electrons. The minimum atomic E-state index is 0.487. The lowest BCUT2D eigenvalue weighted by Gasteiger charge is -2.27. The SMILES string of the molecule is CSC1SC(S)CC(S)S1. The first-order chi connectivity index (χ1) is 4.72. The second-order valence-electron chi connectivity index (χ2n) is 1.94. The van der Waals surface area contributed by atoms with E-state index < -0.39 is 0 Å². The summed E-state index contributed by atoms with van der Waals surface area (Å²) in [6.07, 6.45) is 3.25. The molecule has 0 saturated carbocycles. The van der Waals surface area contributed by atoms with Crippen LogP contribution < -0.4 is 0 Å². The lowest BCUT2D eigenvalue weighted by Crippen LogP contribution is -2.13. The van der Waals surface area contributed by atoms with Crippen LogP contribution >= 0.6 is 60.5 Å². The Morgan fingerprint density at radius 1 is 1.30 bits per heavy atom. The Bertz CT molecular complexity index is 96.2. The molecule has 1 aliphatic heterocycles. The van der Waals surface area contributed by atoms with Crippen molar-refractivity contribution < 1.29 is 0 Å². The first kappa shape index (κ1) is 9.84. The molecule has 0 bridgehead atoms. The van der Waals surface area contributed by atoms with Crippen molar-refractivity contribution in [3.63, 3.8) is 0 Å². The summed E-state index contributed by atoms with van der Waals surface area (Å²) in [6, 6.07) is 0. The Labute approximate surface area is 85.9 Å². The van der Waals surface area contributed by atoms with Gasteiger partial charge in [0, 0.05) is 0 Å². The van der Waals surface area contributed by atoms with Gasteiger partial charge < -0.3 is 0 Å². The van der Waals surface area contributed by atoms with Crippen LogP contribution in [0.25, 0.3) is 0 Å². The van der Waals surface area contributed by atoms with Gasteiger partial charge in [0.1, 0.15) is 0 Å². The summed E-state index contributed by atoms with van der Waals surface area (Å²) in [5.74, 6) is 0. The summed E-state index contributed by atoms with van der Waals surface area (Å²) < 4.78 is 1.61. The van der Waals surface area contributed by atoms with Gasteiger partial charge in [0.2, 0.25) is 0 Å². The Morgan fingerprint density at radius 2 is 1.80 bits per heavy atom. The number of thiol groups is 2. The van der Waals surface area contributed by atoms with Gasteiger partial charge in [-0.2, -0.15) is 25.3 Å². The molecule has 0 N–H and O–H groups in total. The highest BCUT2D eigenvalue weighted by atomic mass is 32.3. The third-order valence-electron chi connectivity index (χ3n) is 1.13. The van der Waals surface area contributed by atoms with Crippen LogP contribution in [-0.2, 0) is 0 Å². The smallest absolute Gasteiger partial charge is 0.0975 e. The molecule has 5 heteroatoms. The van der Waals surface area contributed by atoms with Crippen molar-refractivity contribution in [1.29, 1.82) is 0 Å². The van der Waals surface area contributed by atoms with Crippen LogP contribution in [0.15, 0.2) is 0 Å². The van der Waals surface area contributed by atoms with Crippen molar-refractivity contribution in [2.24, 2.45) is 0 Å². The first-order valence-electron chi connectivity index (χ1n) is 2.92. The average Bonchev–Trinajstić information content (AvgIpc) is 1.85. The average molecular weight is 230 g/mol. The van der Waals surface area contributed by atoms with Gasteiger partial charge in [-0.3, -0.25) is 0 Å². The van der Waals surface area contributed by atoms with E-state index in [1.165, 1.54) is 0 Å². The van der Waals surface area contributed by atoms with Crippen LogP contribution in [0.2, 0.25) is 0 Å². The molecule has 2 atom stereocenters. The van der Waals surface area contributed by atoms with E-state index in [0.29, 0.717) is 13.1 Å². The number of thioether (sulfide) groups is 3. The molecule has 0 amide bonds. The largest absolute Gasteiger partial charge is 0.165 e. The molecule has 0 aliphatic carbocycles. The van der Waals surface area contributed by atoms with Crippen LogP contribution in [-0.4, -0.2) is 19.3 Å². The van der Waals surface area contributed by atoms with Gasteiger partial charge in [0.25, 0.3) is 0 Å². The number of hydrogen-bond donors (Lipinski definition) is 2. The topological polar surface area (TPSA) is 0 Å². The fourth-order valence-corrected chi connectivity index (χ4v) is 7.27. The molecule has 1 fully saturated rings. The maximum atomic E-state index is 4.42. The molecular weight excluding hydrogens is 220 g/mol. The second kappa shape index (κ2) is 4.70. The lowest BCUT2D eigenvalue weighted by atomic mass is 10.5. The Balaban J connectivity index is 2.35. The molecule has 1 saturated heterocycles. The zero-order valence-electron chi connectivity index (χ0n) is 5.56. The molecular formula is C5H10S5. The van der Waals surface area contributed by atoms with E-state index in [1.807, 2.05) is 35.3 Å². The normalized spacial score (nSPS) is 41.7. The van der Waals surface area contributed by atoms with Crippen molar-refractivity contribution in [2.75, 3.05) is 6.26 Å². The van der Waals surface area contributed by atoms with Crippen LogP contribution in [0.1, 0.15) is 6.42 Å². The summed E-state index contributed by atoms with van der Waals surface area (Å²) in [4.78, 5) is 0. The van der Waals surface area contributed by atoms with Gasteiger partial charge in [-0.25, -0.2) is 0 Å². The summed E-state index contributed by atoms with van der Waals surface area (Å²) in [5.41, 5.74) is 0. The van der Waals surface area contributed by atoms with E-state index in [1.54, 1.807) is 0 Å². The Hall–Kier alpha value is 1.75. The van der Waals surface area contributed by atoms with E-state index in [-0.39, 0.29) is 0 Å². The minimum absolute atomic E-state index is 0.487. The zero-order chi connectivity index (χ0) is 7.56. The van der Waals surface area contributed by atoms with Crippen molar-refractivity contribution in [3.05, 3.63) is 0 Å². The van der Waals surface area contributed by atoms with Gasteiger partial charge in [-0.05, 0) is 12.7 Å². The van der Waals surface area contributed by atoms with Crippen LogP contribution in [0.5, 0.6) is 0 Å². The third kappa shape index (κ3) is 3.01. The van der Waals surface area contributed by atoms with Crippen molar-refractivity contribution >= 4 is 60.5 Å². The van der Waals surface area contributed by atoms with Gasteiger partial charge in [0.15, 0.2) is 0 Å². The first-order valence-corrected chi connectivity index (χ1v) is 7.13. The van der Waals surface area contributed by atoms with Crippen molar-refractivity contribution in [3.8, 4) is 0 Å². The molecule has 0 radical (unpaired) electrons. The summed E-state index contributed by atoms with van der Waals surface area (Å²) in [7, 11) is 0. The lowest BCUT2D eigenvalue weighted by molar-refractivity contribution is 1.03. The number of hydrogen-bond acceptors (Lipinski definition) is 5. The predicted molar refractivity (Wildman–Crippen MR) is 62.7 cm³/mol. The van der Waals surface area contributed by atoms with Gasteiger partial charge in [-0.15, -0.1) is 35.3 Å². The quantitative estimate of drug-likeness (QED) is 0.665. The molecule has 0 spiro atoms. The molecule has 1 rings (SSSR count). The van der Waals surface area contributed by atoms with E-state index in [4.69, 9.17) is 0 Å². The van der Waals surface area contributed by atoms with Gasteiger partial charge in [-0.1, -0.05) is 0 Å². The summed E-state index contributed by atoms with van der Waals surface area (Å²) in [6.45, 7) is 0. The maximum Gasteiger partial charge on any atom is 0.0975 e. The van der Waals surface area contributed by atoms with Gasteiger partial charge in [0.05, 0.1) is 13.1 Å². The highest BCUT2D eigenvalue weighted by Gasteiger charge is 2.24. The van der Waals surface area contributed by atoms with Crippen LogP contribution in [0, 0.1) is 0 Å². The van der Waals surface area contributed by atoms with Crippen molar-refractivity contribution in [1.82, 2.24) is 0 Å². The van der Waals surface area contributed by atoms with E-state index >= 15 is 0 Å². The molecule has 0 aromatic heterocycles. The van der Waals surface area contributed by atoms with E-state index in [0.717, 1.165) is 6.42 Å². The van der Waals surface area contributed by atoms with Crippen LogP contribution in [0.4, 0.5) is 0 Å². The van der Waals surface area contributed by atoms with Gasteiger partial charge >= 0.3 is 0 Å². The van der Waals surface area contributed by atoms with E-state index in [9.17, 15) is 0 Å². The highest BCUT2D eigenvalue weighted by Crippen LogP contribution is 2.47. The Kier molecular flexibility index (Phi) is 4.62. The highest BCUT2D eigenvalue weighted by molar-refractivity contribution is 8.36. The molecule has 0 nitrogen and oxygen atoms in total. The monoisotopic (exact) mass is 230 g/mol. The summed E-state index contributed by atoms with van der Waals surface area (Å²) in [5, 5.41) is 0. The number of rotatable bonds is 1. The zero-order valence-corrected chi connectivity index (χ0v) is 9.80. The predicted octanol–water partition coefficient (Wildman–Crippen LogP) is 3.01. The van der Waals surface area contributed by atoms with Crippen molar-refractivity contribution in [2.45, 2.75) is 19.5 Å². The maximum absolute atomic E-state index is 4.42. The molecule has 10 heavy (non-hydrogen) atoms. The fraction of sp³-hybridized carbons (Fsp3) is 1.00. The standard InChI is InChI=1S/C5H10S5/c1-8-5-9-3(6)2-4(7)10-5/h3-7H,2H2,1H3.